The molecule has 0 saturated carbocycles. The minimum absolute atomic E-state index is 0.391. The minimum Gasteiger partial charge on any atom is -0.418 e. The van der Waals surface area contributed by atoms with Gasteiger partial charge in [0.05, 0.1) is 0 Å². The van der Waals surface area contributed by atoms with Crippen LogP contribution in [0.3, 0.4) is 0 Å². The fraction of sp³-hybridized carbons (Fsp3) is 0.222. The van der Waals surface area contributed by atoms with Gasteiger partial charge in [0.15, 0.2) is 17.4 Å². The highest BCUT2D eigenvalue weighted by Gasteiger charge is 2.65. The monoisotopic (exact) mass is 312 g/mol. The van der Waals surface area contributed by atoms with E-state index in [2.05, 4.69) is 4.74 Å². The first-order valence-electron chi connectivity index (χ1n) is 4.39. The van der Waals surface area contributed by atoms with Crippen molar-refractivity contribution in [1.82, 2.24) is 0 Å². The third-order valence-electron chi connectivity index (χ3n) is 1.88. The van der Waals surface area contributed by atoms with E-state index < -0.39 is 53.2 Å². The fourth-order valence-corrected chi connectivity index (χ4v) is 0.905. The molecule has 112 valence electrons. The van der Waals surface area contributed by atoms with Crippen LogP contribution in [0.25, 0.3) is 0 Å². The predicted octanol–water partition coefficient (Wildman–Crippen LogP) is 3.35. The summed E-state index contributed by atoms with van der Waals surface area (Å²) in [5.74, 6) is -20.8. The van der Waals surface area contributed by atoms with E-state index in [0.717, 1.165) is 0 Å². The summed E-state index contributed by atoms with van der Waals surface area (Å²) in [5, 5.41) is 0. The van der Waals surface area contributed by atoms with Crippen molar-refractivity contribution >= 4 is 5.97 Å². The molecule has 0 amide bonds. The summed E-state index contributed by atoms with van der Waals surface area (Å²) in [7, 11) is 0. The van der Waals surface area contributed by atoms with Crippen LogP contribution in [0.2, 0.25) is 0 Å². The molecule has 2 nitrogen and oxygen atoms in total. The summed E-state index contributed by atoms with van der Waals surface area (Å²) in [5.41, 5.74) is 0. The summed E-state index contributed by atoms with van der Waals surface area (Å²) < 4.78 is 114. The molecule has 1 aromatic rings. The van der Waals surface area contributed by atoms with Gasteiger partial charge in [-0.1, -0.05) is 0 Å². The molecular weight excluding hydrogens is 311 g/mol. The van der Waals surface area contributed by atoms with Crippen molar-refractivity contribution in [2.75, 3.05) is 0 Å². The maximum absolute atomic E-state index is 12.9. The number of ether oxygens (including phenoxy) is 1. The fourth-order valence-electron chi connectivity index (χ4n) is 0.905. The number of alkyl halides is 5. The first-order chi connectivity index (χ1) is 8.89. The Morgan fingerprint density at radius 1 is 0.900 bits per heavy atom. The average molecular weight is 312 g/mol. The second kappa shape index (κ2) is 4.87. The van der Waals surface area contributed by atoms with E-state index in [9.17, 15) is 44.3 Å². The van der Waals surface area contributed by atoms with Gasteiger partial charge in [0, 0.05) is 6.07 Å². The van der Waals surface area contributed by atoms with Crippen LogP contribution in [0.15, 0.2) is 6.07 Å². The van der Waals surface area contributed by atoms with Crippen LogP contribution in [0.4, 0.5) is 39.5 Å². The quantitative estimate of drug-likeness (QED) is 0.275. The zero-order valence-corrected chi connectivity index (χ0v) is 8.80. The standard InChI is InChI=1S/C9HF9O2/c10-2-1-3(5(12)6(13)4(2)11)20-7(19)8(14,15)9(16,17)18/h1H. The molecule has 20 heavy (non-hydrogen) atoms. The molecule has 0 aliphatic rings. The number of halogens is 9. The lowest BCUT2D eigenvalue weighted by atomic mass is 10.3. The Kier molecular flexibility index (Phi) is 3.92. The number of carbonyl (C=O) groups excluding carboxylic acids is 1. The summed E-state index contributed by atoms with van der Waals surface area (Å²) in [6.07, 6.45) is -6.36. The van der Waals surface area contributed by atoms with Gasteiger partial charge >= 0.3 is 18.1 Å². The van der Waals surface area contributed by atoms with Crippen LogP contribution in [0, 0.1) is 23.3 Å². The van der Waals surface area contributed by atoms with Crippen molar-refractivity contribution in [3.8, 4) is 5.75 Å². The van der Waals surface area contributed by atoms with Gasteiger partial charge in [-0.15, -0.1) is 0 Å². The molecule has 0 saturated heterocycles. The van der Waals surface area contributed by atoms with Gasteiger partial charge in [0.25, 0.3) is 0 Å². The van der Waals surface area contributed by atoms with Gasteiger partial charge in [-0.2, -0.15) is 26.3 Å². The highest BCUT2D eigenvalue weighted by atomic mass is 19.4. The van der Waals surface area contributed by atoms with Crippen LogP contribution in [-0.2, 0) is 4.79 Å². The second-order valence-electron chi connectivity index (χ2n) is 3.26. The first kappa shape index (κ1) is 16.1. The largest absolute Gasteiger partial charge is 0.465 e. The van der Waals surface area contributed by atoms with Crippen molar-refractivity contribution in [2.45, 2.75) is 12.1 Å². The van der Waals surface area contributed by atoms with Crippen LogP contribution in [0.5, 0.6) is 5.75 Å². The third kappa shape index (κ3) is 2.65. The van der Waals surface area contributed by atoms with Gasteiger partial charge in [0.2, 0.25) is 11.6 Å². The summed E-state index contributed by atoms with van der Waals surface area (Å²) in [4.78, 5) is 10.5. The lowest BCUT2D eigenvalue weighted by Gasteiger charge is -2.17. The topological polar surface area (TPSA) is 26.3 Å². The molecule has 0 aliphatic heterocycles. The van der Waals surface area contributed by atoms with E-state index in [1.807, 2.05) is 0 Å². The molecule has 0 radical (unpaired) electrons. The Balaban J connectivity index is 3.16. The smallest absolute Gasteiger partial charge is 0.418 e. The Morgan fingerprint density at radius 3 is 1.85 bits per heavy atom. The molecule has 0 atom stereocenters. The van der Waals surface area contributed by atoms with Crippen molar-refractivity contribution in [3.63, 3.8) is 0 Å². The first-order valence-corrected chi connectivity index (χ1v) is 4.39. The second-order valence-corrected chi connectivity index (χ2v) is 3.26. The minimum atomic E-state index is -6.36. The summed E-state index contributed by atoms with van der Waals surface area (Å²) >= 11 is 0. The molecule has 1 aromatic carbocycles. The SMILES string of the molecule is O=C(Oc1cc(F)c(F)c(F)c1F)C(F)(F)C(F)(F)F. The summed E-state index contributed by atoms with van der Waals surface area (Å²) in [6.45, 7) is 0. The van der Waals surface area contributed by atoms with Crippen LogP contribution >= 0.6 is 0 Å². The molecule has 1 rings (SSSR count). The zero-order chi connectivity index (χ0) is 15.9. The molecule has 0 aliphatic carbocycles. The molecule has 0 unspecified atom stereocenters. The highest BCUT2D eigenvalue weighted by Crippen LogP contribution is 2.37. The summed E-state index contributed by atoms with van der Waals surface area (Å²) in [6, 6.07) is -0.391. The molecule has 11 heteroatoms. The van der Waals surface area contributed by atoms with Crippen molar-refractivity contribution in [1.29, 1.82) is 0 Å². The van der Waals surface area contributed by atoms with Gasteiger partial charge in [-0.3, -0.25) is 0 Å². The maximum Gasteiger partial charge on any atom is 0.465 e. The number of carbonyl (C=O) groups is 1. The number of rotatable bonds is 2. The Morgan fingerprint density at radius 2 is 1.40 bits per heavy atom. The zero-order valence-electron chi connectivity index (χ0n) is 8.80. The Hall–Kier alpha value is -1.94. The van der Waals surface area contributed by atoms with Crippen LogP contribution in [0.1, 0.15) is 0 Å². The van der Waals surface area contributed by atoms with Gasteiger partial charge < -0.3 is 4.74 Å². The van der Waals surface area contributed by atoms with Crippen molar-refractivity contribution in [2.24, 2.45) is 0 Å². The van der Waals surface area contributed by atoms with Crippen molar-refractivity contribution in [3.05, 3.63) is 29.3 Å². The molecule has 0 spiro atoms. The normalized spacial score (nSPS) is 12.4. The lowest BCUT2D eigenvalue weighted by molar-refractivity contribution is -0.276. The molecular formula is C9HF9O2. The van der Waals surface area contributed by atoms with E-state index in [1.165, 1.54) is 0 Å². The number of benzene rings is 1. The van der Waals surface area contributed by atoms with E-state index in [-0.39, 0.29) is 0 Å². The van der Waals surface area contributed by atoms with Crippen LogP contribution < -0.4 is 4.74 Å². The third-order valence-corrected chi connectivity index (χ3v) is 1.88. The predicted molar refractivity (Wildman–Crippen MR) is 42.9 cm³/mol. The molecule has 0 bridgehead atoms. The number of hydrogen-bond donors (Lipinski definition) is 0. The van der Waals surface area contributed by atoms with E-state index in [4.69, 9.17) is 0 Å². The Bertz CT molecular complexity index is 549. The maximum atomic E-state index is 12.9. The number of esters is 1. The molecule has 0 heterocycles. The average Bonchev–Trinajstić information content (AvgIpc) is 2.31. The van der Waals surface area contributed by atoms with Gasteiger partial charge in [0.1, 0.15) is 0 Å². The lowest BCUT2D eigenvalue weighted by Crippen LogP contribution is -2.46. The van der Waals surface area contributed by atoms with Gasteiger partial charge in [-0.05, 0) is 0 Å². The van der Waals surface area contributed by atoms with Gasteiger partial charge in [-0.25, -0.2) is 18.0 Å². The highest BCUT2D eigenvalue weighted by molar-refractivity contribution is 5.80. The van der Waals surface area contributed by atoms with Crippen molar-refractivity contribution < 1.29 is 49.0 Å². The van der Waals surface area contributed by atoms with Crippen LogP contribution in [-0.4, -0.2) is 18.1 Å². The molecule has 0 N–H and O–H groups in total. The molecule has 0 aromatic heterocycles. The number of hydrogen-bond acceptors (Lipinski definition) is 2. The van der Waals surface area contributed by atoms with E-state index in [1.54, 1.807) is 0 Å². The Labute approximate surface area is 103 Å². The molecule has 0 fully saturated rings. The van der Waals surface area contributed by atoms with E-state index in [0.29, 0.717) is 0 Å². The van der Waals surface area contributed by atoms with E-state index >= 15 is 0 Å².